The number of pyridine rings is 2. The summed E-state index contributed by atoms with van der Waals surface area (Å²) in [5, 5.41) is 10.4. The summed E-state index contributed by atoms with van der Waals surface area (Å²) < 4.78 is 43.8. The van der Waals surface area contributed by atoms with Gasteiger partial charge in [-0.15, -0.1) is 5.10 Å². The third kappa shape index (κ3) is 4.19. The van der Waals surface area contributed by atoms with Gasteiger partial charge in [0.2, 0.25) is 5.13 Å². The van der Waals surface area contributed by atoms with E-state index in [0.29, 0.717) is 11.3 Å². The zero-order valence-electron chi connectivity index (χ0n) is 14.0. The van der Waals surface area contributed by atoms with E-state index in [-0.39, 0.29) is 21.5 Å². The lowest BCUT2D eigenvalue weighted by Crippen LogP contribution is -2.14. The molecule has 0 spiro atoms. The maximum atomic E-state index is 13.0. The van der Waals surface area contributed by atoms with E-state index >= 15 is 0 Å². The number of aromatic nitrogens is 4. The van der Waals surface area contributed by atoms with Gasteiger partial charge in [-0.25, -0.2) is 0 Å². The number of ether oxygens (including phenoxy) is 1. The van der Waals surface area contributed by atoms with Crippen molar-refractivity contribution >= 4 is 22.4 Å². The SMILES string of the molecule is COc1nnc(NC(=O)c2cnc(C)cc2-c2ccnc(C(F)(F)F)c2)s1. The van der Waals surface area contributed by atoms with Gasteiger partial charge in [-0.2, -0.15) is 13.2 Å². The van der Waals surface area contributed by atoms with Crippen molar-refractivity contribution in [2.75, 3.05) is 12.4 Å². The molecule has 1 N–H and O–H groups in total. The number of hydrogen-bond acceptors (Lipinski definition) is 7. The van der Waals surface area contributed by atoms with E-state index in [9.17, 15) is 18.0 Å². The number of nitrogens with zero attached hydrogens (tertiary/aromatic N) is 4. The molecule has 3 aromatic rings. The number of nitrogens with one attached hydrogen (secondary N) is 1. The molecule has 0 radical (unpaired) electrons. The number of anilines is 1. The van der Waals surface area contributed by atoms with Crippen molar-refractivity contribution in [1.82, 2.24) is 20.2 Å². The number of rotatable bonds is 4. The van der Waals surface area contributed by atoms with E-state index in [1.54, 1.807) is 6.92 Å². The second kappa shape index (κ2) is 7.27. The molecule has 3 rings (SSSR count). The smallest absolute Gasteiger partial charge is 0.433 e. The highest BCUT2D eigenvalue weighted by atomic mass is 32.1. The summed E-state index contributed by atoms with van der Waals surface area (Å²) in [6, 6.07) is 3.82. The van der Waals surface area contributed by atoms with Crippen molar-refractivity contribution < 1.29 is 22.7 Å². The van der Waals surface area contributed by atoms with E-state index in [0.717, 1.165) is 23.6 Å². The topological polar surface area (TPSA) is 89.9 Å². The molecule has 0 saturated carbocycles. The van der Waals surface area contributed by atoms with Gasteiger partial charge in [-0.05, 0) is 47.6 Å². The predicted octanol–water partition coefficient (Wildman–Crippen LogP) is 3.58. The van der Waals surface area contributed by atoms with Crippen LogP contribution in [0.3, 0.4) is 0 Å². The molecule has 7 nitrogen and oxygen atoms in total. The standard InChI is InChI=1S/C16H12F3N5O2S/c1-8-5-10(9-3-4-20-12(6-9)16(17,18)19)11(7-21-8)13(25)22-14-23-24-15(26-2)27-14/h3-7H,1-2H3,(H,22,23,25). The van der Waals surface area contributed by atoms with Gasteiger partial charge in [0.1, 0.15) is 5.69 Å². The van der Waals surface area contributed by atoms with Gasteiger partial charge in [-0.1, -0.05) is 5.10 Å². The summed E-state index contributed by atoms with van der Waals surface area (Å²) in [7, 11) is 1.41. The summed E-state index contributed by atoms with van der Waals surface area (Å²) in [6.45, 7) is 1.67. The van der Waals surface area contributed by atoms with E-state index in [2.05, 4.69) is 25.5 Å². The predicted molar refractivity (Wildman–Crippen MR) is 91.6 cm³/mol. The van der Waals surface area contributed by atoms with Gasteiger partial charge in [0.15, 0.2) is 0 Å². The third-order valence-corrected chi connectivity index (χ3v) is 4.25. The van der Waals surface area contributed by atoms with Crippen LogP contribution in [0.2, 0.25) is 0 Å². The van der Waals surface area contributed by atoms with Crippen LogP contribution >= 0.6 is 11.3 Å². The summed E-state index contributed by atoms with van der Waals surface area (Å²) in [4.78, 5) is 20.0. The number of amides is 1. The first-order valence-electron chi connectivity index (χ1n) is 7.47. The number of aryl methyl sites for hydroxylation is 1. The van der Waals surface area contributed by atoms with Crippen molar-refractivity contribution in [2.45, 2.75) is 13.1 Å². The first kappa shape index (κ1) is 18.7. The average molecular weight is 395 g/mol. The Bertz CT molecular complexity index is 990. The summed E-state index contributed by atoms with van der Waals surface area (Å²) in [5.74, 6) is -0.582. The van der Waals surface area contributed by atoms with Crippen molar-refractivity contribution in [2.24, 2.45) is 0 Å². The molecule has 0 bridgehead atoms. The van der Waals surface area contributed by atoms with Gasteiger partial charge >= 0.3 is 6.18 Å². The molecule has 11 heteroatoms. The summed E-state index contributed by atoms with van der Waals surface area (Å²) in [6.07, 6.45) is -2.25. The number of carbonyl (C=O) groups is 1. The maximum absolute atomic E-state index is 13.0. The Morgan fingerprint density at radius 3 is 2.67 bits per heavy atom. The molecular weight excluding hydrogens is 383 g/mol. The Labute approximate surface area is 155 Å². The van der Waals surface area contributed by atoms with Crippen LogP contribution in [0.4, 0.5) is 18.3 Å². The van der Waals surface area contributed by atoms with E-state index < -0.39 is 17.8 Å². The fraction of sp³-hybridized carbons (Fsp3) is 0.188. The molecular formula is C16H12F3N5O2S. The van der Waals surface area contributed by atoms with Crippen molar-refractivity contribution in [1.29, 1.82) is 0 Å². The fourth-order valence-corrected chi connectivity index (χ4v) is 2.80. The molecule has 0 aliphatic carbocycles. The lowest BCUT2D eigenvalue weighted by Gasteiger charge is -2.12. The highest BCUT2D eigenvalue weighted by Gasteiger charge is 2.32. The Morgan fingerprint density at radius 1 is 1.22 bits per heavy atom. The monoisotopic (exact) mass is 395 g/mol. The van der Waals surface area contributed by atoms with Crippen molar-refractivity contribution in [3.8, 4) is 16.3 Å². The van der Waals surface area contributed by atoms with Crippen molar-refractivity contribution in [3.05, 3.63) is 47.5 Å². The minimum atomic E-state index is -4.59. The highest BCUT2D eigenvalue weighted by Crippen LogP contribution is 2.32. The Hall–Kier alpha value is -3.08. The highest BCUT2D eigenvalue weighted by molar-refractivity contribution is 7.17. The molecule has 1 amide bonds. The van der Waals surface area contributed by atoms with Gasteiger partial charge in [0.05, 0.1) is 12.7 Å². The molecule has 3 heterocycles. The molecule has 0 aliphatic rings. The van der Waals surface area contributed by atoms with Gasteiger partial charge in [-0.3, -0.25) is 20.1 Å². The van der Waals surface area contributed by atoms with Crippen LogP contribution in [-0.4, -0.2) is 33.2 Å². The van der Waals surface area contributed by atoms with Crippen LogP contribution in [0, 0.1) is 6.92 Å². The van der Waals surface area contributed by atoms with Crippen LogP contribution in [0.5, 0.6) is 5.19 Å². The molecule has 0 atom stereocenters. The molecule has 0 saturated heterocycles. The van der Waals surface area contributed by atoms with Crippen LogP contribution in [-0.2, 0) is 6.18 Å². The number of methoxy groups -OCH3 is 1. The lowest BCUT2D eigenvalue weighted by molar-refractivity contribution is -0.141. The van der Waals surface area contributed by atoms with E-state index in [4.69, 9.17) is 4.74 Å². The first-order chi connectivity index (χ1) is 12.8. The average Bonchev–Trinajstić information content (AvgIpc) is 3.08. The maximum Gasteiger partial charge on any atom is 0.433 e. The van der Waals surface area contributed by atoms with Crippen molar-refractivity contribution in [3.63, 3.8) is 0 Å². The number of hydrogen-bond donors (Lipinski definition) is 1. The zero-order chi connectivity index (χ0) is 19.6. The molecule has 0 fully saturated rings. The van der Waals surface area contributed by atoms with Crippen LogP contribution < -0.4 is 10.1 Å². The molecule has 0 aliphatic heterocycles. The van der Waals surface area contributed by atoms with Gasteiger partial charge < -0.3 is 4.74 Å². The molecule has 0 aromatic carbocycles. The number of carbonyl (C=O) groups excluding carboxylic acids is 1. The van der Waals surface area contributed by atoms with Gasteiger partial charge in [0.25, 0.3) is 11.1 Å². The minimum absolute atomic E-state index is 0.0918. The summed E-state index contributed by atoms with van der Waals surface area (Å²) in [5.41, 5.74) is 0.0838. The lowest BCUT2D eigenvalue weighted by atomic mass is 10.0. The second-order valence-corrected chi connectivity index (χ2v) is 6.27. The largest absolute Gasteiger partial charge is 0.472 e. The molecule has 3 aromatic heterocycles. The number of halogens is 3. The van der Waals surface area contributed by atoms with Gasteiger partial charge in [0, 0.05) is 18.1 Å². The Morgan fingerprint density at radius 2 is 2.00 bits per heavy atom. The van der Waals surface area contributed by atoms with E-state index in [1.807, 2.05) is 0 Å². The minimum Gasteiger partial charge on any atom is -0.472 e. The normalized spacial score (nSPS) is 11.3. The molecule has 140 valence electrons. The third-order valence-electron chi connectivity index (χ3n) is 3.45. The second-order valence-electron chi connectivity index (χ2n) is 5.33. The molecule has 0 unspecified atom stereocenters. The summed E-state index contributed by atoms with van der Waals surface area (Å²) >= 11 is 1.01. The van der Waals surface area contributed by atoms with E-state index in [1.165, 1.54) is 25.4 Å². The molecule has 27 heavy (non-hydrogen) atoms. The quantitative estimate of drug-likeness (QED) is 0.726. The van der Waals surface area contributed by atoms with Crippen LogP contribution in [0.1, 0.15) is 21.7 Å². The number of alkyl halides is 3. The Balaban J connectivity index is 1.99. The van der Waals surface area contributed by atoms with Crippen LogP contribution in [0.25, 0.3) is 11.1 Å². The fourth-order valence-electron chi connectivity index (χ4n) is 2.24. The van der Waals surface area contributed by atoms with Crippen LogP contribution in [0.15, 0.2) is 30.6 Å². The zero-order valence-corrected chi connectivity index (χ0v) is 14.9. The Kier molecular flexibility index (Phi) is 5.04. The first-order valence-corrected chi connectivity index (χ1v) is 8.28.